The number of hydrogen-bond donors (Lipinski definition) is 0. The summed E-state index contributed by atoms with van der Waals surface area (Å²) in [7, 11) is 0. The van der Waals surface area contributed by atoms with Gasteiger partial charge in [-0.1, -0.05) is 30.3 Å². The lowest BCUT2D eigenvalue weighted by molar-refractivity contribution is 0.0298. The summed E-state index contributed by atoms with van der Waals surface area (Å²) in [5.41, 5.74) is 2.43. The number of halogens is 1. The predicted octanol–water partition coefficient (Wildman–Crippen LogP) is 4.07. The van der Waals surface area contributed by atoms with Crippen molar-refractivity contribution in [2.24, 2.45) is 0 Å². The Balaban J connectivity index is 1.57. The van der Waals surface area contributed by atoms with Crippen LogP contribution in [-0.2, 0) is 11.3 Å². The Hall–Kier alpha value is -2.40. The molecule has 23 heavy (non-hydrogen) atoms. The molecule has 3 rings (SSSR count). The van der Waals surface area contributed by atoms with Gasteiger partial charge in [-0.25, -0.2) is 9.37 Å². The van der Waals surface area contributed by atoms with E-state index in [1.807, 2.05) is 30.3 Å². The monoisotopic (exact) mass is 315 g/mol. The van der Waals surface area contributed by atoms with Crippen LogP contribution < -0.4 is 4.74 Å². The molecule has 1 heterocycles. The number of ether oxygens (including phenoxy) is 2. The minimum Gasteiger partial charge on any atom is -0.485 e. The first kappa shape index (κ1) is 15.5. The summed E-state index contributed by atoms with van der Waals surface area (Å²) in [5.74, 6) is 1.13. The average Bonchev–Trinajstić information content (AvgIpc) is 2.94. The summed E-state index contributed by atoms with van der Waals surface area (Å²) in [5, 5.41) is 0. The highest BCUT2D eigenvalue weighted by Crippen LogP contribution is 2.22. The molecule has 0 bridgehead atoms. The minimum atomic E-state index is -0.653. The molecule has 3 aromatic rings. The molecule has 0 spiro atoms. The number of oxazole rings is 1. The topological polar surface area (TPSA) is 44.5 Å². The predicted molar refractivity (Wildman–Crippen MR) is 85.2 cm³/mol. The third kappa shape index (κ3) is 4.07. The van der Waals surface area contributed by atoms with Gasteiger partial charge in [0, 0.05) is 13.0 Å². The van der Waals surface area contributed by atoms with Crippen molar-refractivity contribution in [2.75, 3.05) is 13.3 Å². The molecule has 0 saturated carbocycles. The Kier molecular flexibility index (Phi) is 4.88. The van der Waals surface area contributed by atoms with E-state index in [-0.39, 0.29) is 6.61 Å². The largest absolute Gasteiger partial charge is 0.485 e. The normalized spacial score (nSPS) is 12.4. The first-order chi connectivity index (χ1) is 11.2. The molecule has 0 radical (unpaired) electrons. The summed E-state index contributed by atoms with van der Waals surface area (Å²) in [4.78, 5) is 4.22. The van der Waals surface area contributed by atoms with Crippen molar-refractivity contribution in [2.45, 2.75) is 19.6 Å². The third-order valence-corrected chi connectivity index (χ3v) is 3.36. The quantitative estimate of drug-likeness (QED) is 0.659. The van der Waals surface area contributed by atoms with Gasteiger partial charge in [-0.05, 0) is 17.7 Å². The second-order valence-corrected chi connectivity index (χ2v) is 5.26. The molecule has 4 nitrogen and oxygen atoms in total. The van der Waals surface area contributed by atoms with E-state index in [0.717, 1.165) is 11.1 Å². The summed E-state index contributed by atoms with van der Waals surface area (Å²) in [6.07, 6.45) is -0.653. The summed E-state index contributed by atoms with van der Waals surface area (Å²) in [6, 6.07) is 15.0. The van der Waals surface area contributed by atoms with Gasteiger partial charge in [0.15, 0.2) is 17.6 Å². The second kappa shape index (κ2) is 7.24. The van der Waals surface area contributed by atoms with Crippen LogP contribution in [0.2, 0.25) is 0 Å². The SMILES string of the molecule is Cc1nc2ccc(OC(CF)COCc3ccccc3)cc2o1. The number of hydrogen-bond acceptors (Lipinski definition) is 4. The van der Waals surface area contributed by atoms with Gasteiger partial charge in [-0.2, -0.15) is 0 Å². The maximum Gasteiger partial charge on any atom is 0.192 e. The molecule has 2 aromatic carbocycles. The van der Waals surface area contributed by atoms with E-state index in [4.69, 9.17) is 13.9 Å². The Morgan fingerprint density at radius 3 is 2.78 bits per heavy atom. The molecule has 0 N–H and O–H groups in total. The van der Waals surface area contributed by atoms with E-state index in [0.29, 0.717) is 23.8 Å². The summed E-state index contributed by atoms with van der Waals surface area (Å²) in [6.45, 7) is 1.77. The number of alkyl halides is 1. The average molecular weight is 315 g/mol. The lowest BCUT2D eigenvalue weighted by atomic mass is 10.2. The number of benzene rings is 2. The van der Waals surface area contributed by atoms with Crippen molar-refractivity contribution >= 4 is 11.1 Å². The Labute approximate surface area is 133 Å². The first-order valence-corrected chi connectivity index (χ1v) is 7.46. The van der Waals surface area contributed by atoms with Crippen molar-refractivity contribution in [3.63, 3.8) is 0 Å². The number of fused-ring (bicyclic) bond motifs is 1. The molecule has 0 saturated heterocycles. The van der Waals surface area contributed by atoms with Crippen molar-refractivity contribution in [1.29, 1.82) is 0 Å². The molecule has 0 amide bonds. The van der Waals surface area contributed by atoms with Gasteiger partial charge in [0.2, 0.25) is 0 Å². The van der Waals surface area contributed by atoms with Gasteiger partial charge < -0.3 is 13.9 Å². The summed E-state index contributed by atoms with van der Waals surface area (Å²) >= 11 is 0. The molecule has 0 aliphatic heterocycles. The highest BCUT2D eigenvalue weighted by atomic mass is 19.1. The Morgan fingerprint density at radius 2 is 2.00 bits per heavy atom. The highest BCUT2D eigenvalue weighted by Gasteiger charge is 2.12. The van der Waals surface area contributed by atoms with Crippen LogP contribution in [0.25, 0.3) is 11.1 Å². The first-order valence-electron chi connectivity index (χ1n) is 7.46. The molecule has 0 fully saturated rings. The zero-order chi connectivity index (χ0) is 16.1. The second-order valence-electron chi connectivity index (χ2n) is 5.26. The van der Waals surface area contributed by atoms with Gasteiger partial charge in [0.25, 0.3) is 0 Å². The van der Waals surface area contributed by atoms with Gasteiger partial charge in [0.1, 0.15) is 17.9 Å². The number of rotatable bonds is 7. The van der Waals surface area contributed by atoms with Gasteiger partial charge in [-0.15, -0.1) is 0 Å². The number of aryl methyl sites for hydroxylation is 1. The summed E-state index contributed by atoms with van der Waals surface area (Å²) < 4.78 is 29.8. The molecule has 1 aromatic heterocycles. The molecule has 1 unspecified atom stereocenters. The van der Waals surface area contributed by atoms with Crippen LogP contribution in [0.4, 0.5) is 4.39 Å². The van der Waals surface area contributed by atoms with Crippen molar-refractivity contribution < 1.29 is 18.3 Å². The molecular weight excluding hydrogens is 297 g/mol. The lowest BCUT2D eigenvalue weighted by Crippen LogP contribution is -2.25. The third-order valence-electron chi connectivity index (χ3n) is 3.36. The molecule has 120 valence electrons. The Morgan fingerprint density at radius 1 is 1.17 bits per heavy atom. The molecular formula is C18H18FNO3. The maximum absolute atomic E-state index is 13.1. The Bertz CT molecular complexity index is 757. The molecule has 0 aliphatic rings. The molecule has 5 heteroatoms. The van der Waals surface area contributed by atoms with Crippen LogP contribution in [0, 0.1) is 6.92 Å². The molecule has 1 atom stereocenters. The van der Waals surface area contributed by atoms with Crippen LogP contribution in [0.1, 0.15) is 11.5 Å². The van der Waals surface area contributed by atoms with Crippen LogP contribution in [0.5, 0.6) is 5.75 Å². The van der Waals surface area contributed by atoms with Crippen LogP contribution in [0.3, 0.4) is 0 Å². The standard InChI is InChI=1S/C18H18FNO3/c1-13-20-17-8-7-15(9-18(17)22-13)23-16(10-19)12-21-11-14-5-3-2-4-6-14/h2-9,16H,10-12H2,1H3. The fourth-order valence-electron chi connectivity index (χ4n) is 2.28. The fourth-order valence-corrected chi connectivity index (χ4v) is 2.28. The van der Waals surface area contributed by atoms with Crippen molar-refractivity contribution in [1.82, 2.24) is 4.98 Å². The van der Waals surface area contributed by atoms with E-state index in [1.54, 1.807) is 25.1 Å². The van der Waals surface area contributed by atoms with E-state index in [1.165, 1.54) is 0 Å². The fraction of sp³-hybridized carbons (Fsp3) is 0.278. The molecule has 0 aliphatic carbocycles. The highest BCUT2D eigenvalue weighted by molar-refractivity contribution is 5.74. The van der Waals surface area contributed by atoms with Crippen LogP contribution in [-0.4, -0.2) is 24.4 Å². The van der Waals surface area contributed by atoms with Crippen molar-refractivity contribution in [3.05, 3.63) is 60.0 Å². The van der Waals surface area contributed by atoms with Crippen molar-refractivity contribution in [3.8, 4) is 5.75 Å². The number of nitrogens with zero attached hydrogens (tertiary/aromatic N) is 1. The van der Waals surface area contributed by atoms with Gasteiger partial charge >= 0.3 is 0 Å². The smallest absolute Gasteiger partial charge is 0.192 e. The number of aromatic nitrogens is 1. The van der Waals surface area contributed by atoms with E-state index >= 15 is 0 Å². The van der Waals surface area contributed by atoms with Gasteiger partial charge in [-0.3, -0.25) is 0 Å². The van der Waals surface area contributed by atoms with Crippen LogP contribution in [0.15, 0.2) is 52.9 Å². The lowest BCUT2D eigenvalue weighted by Gasteiger charge is -2.16. The van der Waals surface area contributed by atoms with Crippen LogP contribution >= 0.6 is 0 Å². The zero-order valence-electron chi connectivity index (χ0n) is 12.9. The van der Waals surface area contributed by atoms with E-state index in [2.05, 4.69) is 4.98 Å². The minimum absolute atomic E-state index is 0.179. The van der Waals surface area contributed by atoms with E-state index < -0.39 is 12.8 Å². The zero-order valence-corrected chi connectivity index (χ0v) is 12.9. The van der Waals surface area contributed by atoms with Gasteiger partial charge in [0.05, 0.1) is 13.2 Å². The maximum atomic E-state index is 13.1. The van der Waals surface area contributed by atoms with E-state index in [9.17, 15) is 4.39 Å².